The van der Waals surface area contributed by atoms with Gasteiger partial charge in [-0.05, 0) is 43.2 Å². The van der Waals surface area contributed by atoms with E-state index in [0.717, 1.165) is 12.8 Å². The van der Waals surface area contributed by atoms with Crippen molar-refractivity contribution < 1.29 is 4.79 Å². The van der Waals surface area contributed by atoms with Gasteiger partial charge in [-0.1, -0.05) is 11.6 Å². The van der Waals surface area contributed by atoms with Crippen LogP contribution in [-0.2, 0) is 4.79 Å². The fraction of sp³-hybridized carbons (Fsp3) is 0.538. The molecule has 1 aromatic heterocycles. The minimum absolute atomic E-state index is 0.00419. The Morgan fingerprint density at radius 1 is 1.39 bits per heavy atom. The summed E-state index contributed by atoms with van der Waals surface area (Å²) in [5.74, 6) is 1.48. The average molecular weight is 266 g/mol. The third-order valence-electron chi connectivity index (χ3n) is 4.26. The van der Waals surface area contributed by atoms with Gasteiger partial charge >= 0.3 is 0 Å². The van der Waals surface area contributed by atoms with Crippen LogP contribution in [0.25, 0.3) is 0 Å². The first-order chi connectivity index (χ1) is 8.65. The Hall–Kier alpha value is -1.13. The van der Waals surface area contributed by atoms with E-state index in [1.807, 2.05) is 0 Å². The Morgan fingerprint density at radius 3 is 2.78 bits per heavy atom. The van der Waals surface area contributed by atoms with Gasteiger partial charge in [-0.25, -0.2) is 4.98 Å². The lowest BCUT2D eigenvalue weighted by Gasteiger charge is -2.26. The van der Waals surface area contributed by atoms with Gasteiger partial charge in [0.05, 0.1) is 10.9 Å². The van der Waals surface area contributed by atoms with Crippen LogP contribution < -0.4 is 11.1 Å². The summed E-state index contributed by atoms with van der Waals surface area (Å²) in [4.78, 5) is 16.3. The summed E-state index contributed by atoms with van der Waals surface area (Å²) in [5.41, 5.74) is 6.14. The van der Waals surface area contributed by atoms with Crippen molar-refractivity contribution in [1.29, 1.82) is 0 Å². The highest BCUT2D eigenvalue weighted by molar-refractivity contribution is 6.30. The van der Waals surface area contributed by atoms with E-state index in [0.29, 0.717) is 22.7 Å². The quantitative estimate of drug-likeness (QED) is 0.860. The van der Waals surface area contributed by atoms with Gasteiger partial charge in [0, 0.05) is 12.2 Å². The summed E-state index contributed by atoms with van der Waals surface area (Å²) >= 11 is 5.75. The van der Waals surface area contributed by atoms with Crippen LogP contribution in [0.1, 0.15) is 19.3 Å². The standard InChI is InChI=1S/C13H16ClN3O/c14-9-3-4-10(16-6-9)17-13(18)11-7-1-2-8(5-7)12(11)15/h3-4,6-8,11-12H,1-2,5,15H2,(H,16,17,18). The molecule has 2 saturated carbocycles. The zero-order valence-electron chi connectivity index (χ0n) is 9.97. The van der Waals surface area contributed by atoms with Gasteiger partial charge < -0.3 is 11.1 Å². The number of hydrogen-bond donors (Lipinski definition) is 2. The maximum atomic E-state index is 12.2. The summed E-state index contributed by atoms with van der Waals surface area (Å²) in [6, 6.07) is 3.43. The van der Waals surface area contributed by atoms with Gasteiger partial charge in [-0.15, -0.1) is 0 Å². The molecule has 1 amide bonds. The number of halogens is 1. The summed E-state index contributed by atoms with van der Waals surface area (Å²) in [7, 11) is 0. The molecule has 2 fully saturated rings. The molecule has 2 aliphatic rings. The van der Waals surface area contributed by atoms with E-state index in [-0.39, 0.29) is 17.9 Å². The number of nitrogens with two attached hydrogens (primary N) is 1. The molecule has 5 heteroatoms. The van der Waals surface area contributed by atoms with Crippen molar-refractivity contribution in [3.05, 3.63) is 23.4 Å². The van der Waals surface area contributed by atoms with Gasteiger partial charge in [-0.3, -0.25) is 4.79 Å². The number of fused-ring (bicyclic) bond motifs is 2. The lowest BCUT2D eigenvalue weighted by molar-refractivity contribution is -0.121. The molecule has 0 aliphatic heterocycles. The van der Waals surface area contributed by atoms with E-state index in [2.05, 4.69) is 10.3 Å². The smallest absolute Gasteiger partial charge is 0.230 e. The molecule has 1 heterocycles. The molecule has 4 unspecified atom stereocenters. The number of nitrogens with one attached hydrogen (secondary N) is 1. The Labute approximate surface area is 111 Å². The number of carbonyl (C=O) groups is 1. The Kier molecular flexibility index (Phi) is 2.99. The van der Waals surface area contributed by atoms with Gasteiger partial charge in [0.15, 0.2) is 0 Å². The highest BCUT2D eigenvalue weighted by Crippen LogP contribution is 2.47. The molecule has 0 radical (unpaired) electrons. The van der Waals surface area contributed by atoms with Crippen molar-refractivity contribution in [3.8, 4) is 0 Å². The number of anilines is 1. The number of carbonyl (C=O) groups excluding carboxylic acids is 1. The van der Waals surface area contributed by atoms with Gasteiger partial charge in [0.25, 0.3) is 0 Å². The normalized spacial score (nSPS) is 33.7. The molecule has 18 heavy (non-hydrogen) atoms. The maximum Gasteiger partial charge on any atom is 0.230 e. The Morgan fingerprint density at radius 2 is 2.17 bits per heavy atom. The molecule has 96 valence electrons. The monoisotopic (exact) mass is 265 g/mol. The Bertz CT molecular complexity index is 460. The van der Waals surface area contributed by atoms with Crippen molar-refractivity contribution >= 4 is 23.3 Å². The largest absolute Gasteiger partial charge is 0.327 e. The summed E-state index contributed by atoms with van der Waals surface area (Å²) in [5, 5.41) is 3.40. The van der Waals surface area contributed by atoms with E-state index >= 15 is 0 Å². The highest BCUT2D eigenvalue weighted by Gasteiger charge is 2.49. The summed E-state index contributed by atoms with van der Waals surface area (Å²) in [6.07, 6.45) is 4.94. The lowest BCUT2D eigenvalue weighted by Crippen LogP contribution is -2.42. The molecule has 3 N–H and O–H groups in total. The minimum Gasteiger partial charge on any atom is -0.327 e. The number of hydrogen-bond acceptors (Lipinski definition) is 3. The van der Waals surface area contributed by atoms with Crippen LogP contribution in [0.4, 0.5) is 5.82 Å². The van der Waals surface area contributed by atoms with Crippen molar-refractivity contribution in [2.24, 2.45) is 23.5 Å². The lowest BCUT2D eigenvalue weighted by atomic mass is 9.84. The Balaban J connectivity index is 1.70. The molecule has 4 atom stereocenters. The van der Waals surface area contributed by atoms with Crippen LogP contribution in [0, 0.1) is 17.8 Å². The topological polar surface area (TPSA) is 68.0 Å². The van der Waals surface area contributed by atoms with Gasteiger partial charge in [0.2, 0.25) is 5.91 Å². The number of aromatic nitrogens is 1. The number of pyridine rings is 1. The number of rotatable bonds is 2. The molecule has 0 aromatic carbocycles. The molecule has 2 bridgehead atoms. The van der Waals surface area contributed by atoms with Gasteiger partial charge in [0.1, 0.15) is 5.82 Å². The van der Waals surface area contributed by atoms with E-state index in [1.165, 1.54) is 12.6 Å². The molecule has 4 nitrogen and oxygen atoms in total. The third-order valence-corrected chi connectivity index (χ3v) is 4.49. The second kappa shape index (κ2) is 4.52. The van der Waals surface area contributed by atoms with E-state index < -0.39 is 0 Å². The predicted octanol–water partition coefficient (Wildman–Crippen LogP) is 2.05. The third kappa shape index (κ3) is 1.99. The van der Waals surface area contributed by atoms with Crippen LogP contribution in [-0.4, -0.2) is 16.9 Å². The highest BCUT2D eigenvalue weighted by atomic mass is 35.5. The van der Waals surface area contributed by atoms with Crippen LogP contribution in [0.5, 0.6) is 0 Å². The van der Waals surface area contributed by atoms with Crippen molar-refractivity contribution in [2.75, 3.05) is 5.32 Å². The van der Waals surface area contributed by atoms with E-state index in [9.17, 15) is 4.79 Å². The first kappa shape index (κ1) is 11.9. The second-order valence-electron chi connectivity index (χ2n) is 5.29. The predicted molar refractivity (Wildman–Crippen MR) is 70.2 cm³/mol. The fourth-order valence-corrected chi connectivity index (χ4v) is 3.50. The molecular weight excluding hydrogens is 250 g/mol. The molecule has 0 saturated heterocycles. The van der Waals surface area contributed by atoms with Crippen LogP contribution >= 0.6 is 11.6 Å². The zero-order chi connectivity index (χ0) is 12.7. The molecule has 2 aliphatic carbocycles. The SMILES string of the molecule is NC1C2CCC(C2)C1C(=O)Nc1ccc(Cl)cn1. The fourth-order valence-electron chi connectivity index (χ4n) is 3.38. The summed E-state index contributed by atoms with van der Waals surface area (Å²) < 4.78 is 0. The molecule has 0 spiro atoms. The minimum atomic E-state index is -0.0544. The first-order valence-corrected chi connectivity index (χ1v) is 6.71. The van der Waals surface area contributed by atoms with E-state index in [1.54, 1.807) is 12.1 Å². The second-order valence-corrected chi connectivity index (χ2v) is 5.72. The number of amides is 1. The van der Waals surface area contributed by atoms with Crippen LogP contribution in [0.15, 0.2) is 18.3 Å². The number of nitrogens with zero attached hydrogens (tertiary/aromatic N) is 1. The molecule has 3 rings (SSSR count). The zero-order valence-corrected chi connectivity index (χ0v) is 10.7. The first-order valence-electron chi connectivity index (χ1n) is 6.33. The van der Waals surface area contributed by atoms with Crippen LogP contribution in [0.2, 0.25) is 5.02 Å². The van der Waals surface area contributed by atoms with Crippen molar-refractivity contribution in [1.82, 2.24) is 4.98 Å². The van der Waals surface area contributed by atoms with Crippen molar-refractivity contribution in [3.63, 3.8) is 0 Å². The van der Waals surface area contributed by atoms with E-state index in [4.69, 9.17) is 17.3 Å². The summed E-state index contributed by atoms with van der Waals surface area (Å²) in [6.45, 7) is 0. The average Bonchev–Trinajstić information content (AvgIpc) is 2.92. The van der Waals surface area contributed by atoms with Crippen molar-refractivity contribution in [2.45, 2.75) is 25.3 Å². The molecule has 1 aromatic rings. The maximum absolute atomic E-state index is 12.2. The van der Waals surface area contributed by atoms with Crippen LogP contribution in [0.3, 0.4) is 0 Å². The molecular formula is C13H16ClN3O. The van der Waals surface area contributed by atoms with Gasteiger partial charge in [-0.2, -0.15) is 0 Å².